The molecule has 0 aliphatic heterocycles. The van der Waals surface area contributed by atoms with Crippen molar-refractivity contribution in [3.05, 3.63) is 0 Å². The van der Waals surface area contributed by atoms with E-state index in [1.54, 1.807) is 0 Å². The molecular formula is C14H34N2O4. The molecule has 0 saturated carbocycles. The number of rotatable bonds is 12. The van der Waals surface area contributed by atoms with Crippen molar-refractivity contribution >= 4 is 0 Å². The van der Waals surface area contributed by atoms with Gasteiger partial charge in [-0.2, -0.15) is 0 Å². The fourth-order valence-corrected chi connectivity index (χ4v) is 1.59. The lowest BCUT2D eigenvalue weighted by Crippen LogP contribution is -2.22. The number of aliphatic hydroxyl groups is 4. The van der Waals surface area contributed by atoms with E-state index in [9.17, 15) is 0 Å². The second-order valence-corrected chi connectivity index (χ2v) is 4.92. The molecule has 6 heteroatoms. The third-order valence-corrected chi connectivity index (χ3v) is 2.79. The van der Waals surface area contributed by atoms with Crippen LogP contribution in [-0.4, -0.2) is 96.9 Å². The number of nitrogens with zero attached hydrogens (tertiary/aromatic N) is 2. The second-order valence-electron chi connectivity index (χ2n) is 4.92. The summed E-state index contributed by atoms with van der Waals surface area (Å²) in [5.74, 6) is 0. The summed E-state index contributed by atoms with van der Waals surface area (Å²) in [6, 6.07) is 0. The molecule has 0 amide bonds. The SMILES string of the molecule is CN(CCCO)CCCO.CN(CCCO)CCCO. The summed E-state index contributed by atoms with van der Waals surface area (Å²) in [4.78, 5) is 4.21. The van der Waals surface area contributed by atoms with Gasteiger partial charge < -0.3 is 30.2 Å². The Balaban J connectivity index is 0. The normalized spacial score (nSPS) is 10.8. The minimum Gasteiger partial charge on any atom is -0.396 e. The fraction of sp³-hybridized carbons (Fsp3) is 1.00. The van der Waals surface area contributed by atoms with Crippen molar-refractivity contribution < 1.29 is 20.4 Å². The summed E-state index contributed by atoms with van der Waals surface area (Å²) in [5, 5.41) is 33.9. The van der Waals surface area contributed by atoms with Crippen LogP contribution < -0.4 is 0 Å². The predicted molar refractivity (Wildman–Crippen MR) is 81.8 cm³/mol. The van der Waals surface area contributed by atoms with Crippen LogP contribution >= 0.6 is 0 Å². The van der Waals surface area contributed by atoms with Crippen LogP contribution in [0.1, 0.15) is 25.7 Å². The molecule has 0 aromatic carbocycles. The quantitative estimate of drug-likeness (QED) is 0.383. The second kappa shape index (κ2) is 18.8. The molecular weight excluding hydrogens is 260 g/mol. The Kier molecular flexibility index (Phi) is 20.7. The van der Waals surface area contributed by atoms with Crippen LogP contribution in [0.3, 0.4) is 0 Å². The Morgan fingerprint density at radius 3 is 0.850 bits per heavy atom. The zero-order valence-electron chi connectivity index (χ0n) is 13.2. The van der Waals surface area contributed by atoms with Gasteiger partial charge in [0, 0.05) is 52.6 Å². The van der Waals surface area contributed by atoms with E-state index in [4.69, 9.17) is 20.4 Å². The molecule has 4 N–H and O–H groups in total. The maximum atomic E-state index is 8.46. The fourth-order valence-electron chi connectivity index (χ4n) is 1.59. The van der Waals surface area contributed by atoms with Crippen LogP contribution in [0.25, 0.3) is 0 Å². The van der Waals surface area contributed by atoms with Gasteiger partial charge in [0.15, 0.2) is 0 Å². The monoisotopic (exact) mass is 294 g/mol. The topological polar surface area (TPSA) is 87.4 Å². The third-order valence-electron chi connectivity index (χ3n) is 2.79. The molecule has 0 unspecified atom stereocenters. The van der Waals surface area contributed by atoms with Crippen molar-refractivity contribution in [2.75, 3.05) is 66.7 Å². The lowest BCUT2D eigenvalue weighted by molar-refractivity contribution is 0.224. The van der Waals surface area contributed by atoms with Crippen molar-refractivity contribution in [2.24, 2.45) is 0 Å². The van der Waals surface area contributed by atoms with Crippen molar-refractivity contribution in [3.63, 3.8) is 0 Å². The summed E-state index contributed by atoms with van der Waals surface area (Å²) in [6.07, 6.45) is 3.29. The van der Waals surface area contributed by atoms with Gasteiger partial charge in [-0.25, -0.2) is 0 Å². The summed E-state index contributed by atoms with van der Waals surface area (Å²) >= 11 is 0. The lowest BCUT2D eigenvalue weighted by Gasteiger charge is -2.14. The first kappa shape index (κ1) is 22.0. The molecule has 0 aliphatic carbocycles. The van der Waals surface area contributed by atoms with Gasteiger partial charge in [-0.05, 0) is 39.8 Å². The van der Waals surface area contributed by atoms with E-state index < -0.39 is 0 Å². The first-order valence-electron chi connectivity index (χ1n) is 7.42. The summed E-state index contributed by atoms with van der Waals surface area (Å²) in [6.45, 7) is 4.67. The Morgan fingerprint density at radius 2 is 0.700 bits per heavy atom. The smallest absolute Gasteiger partial charge is 0.0443 e. The average molecular weight is 294 g/mol. The molecule has 124 valence electrons. The van der Waals surface area contributed by atoms with Gasteiger partial charge in [0.2, 0.25) is 0 Å². The van der Waals surface area contributed by atoms with E-state index in [-0.39, 0.29) is 26.4 Å². The summed E-state index contributed by atoms with van der Waals surface area (Å²) in [7, 11) is 3.98. The van der Waals surface area contributed by atoms with E-state index in [1.165, 1.54) is 0 Å². The van der Waals surface area contributed by atoms with Crippen molar-refractivity contribution in [3.8, 4) is 0 Å². The van der Waals surface area contributed by atoms with Crippen LogP contribution in [0, 0.1) is 0 Å². The van der Waals surface area contributed by atoms with Crippen molar-refractivity contribution in [1.29, 1.82) is 0 Å². The third kappa shape index (κ3) is 20.1. The zero-order chi connectivity index (χ0) is 15.6. The minimum atomic E-state index is 0.253. The van der Waals surface area contributed by atoms with Crippen LogP contribution in [0.5, 0.6) is 0 Å². The molecule has 0 heterocycles. The average Bonchev–Trinajstić information content (AvgIpc) is 2.47. The highest BCUT2D eigenvalue weighted by Crippen LogP contribution is 1.89. The van der Waals surface area contributed by atoms with E-state index in [0.717, 1.165) is 51.9 Å². The van der Waals surface area contributed by atoms with Crippen LogP contribution in [-0.2, 0) is 0 Å². The molecule has 0 saturated heterocycles. The molecule has 0 aromatic rings. The molecule has 0 aromatic heterocycles. The highest BCUT2D eigenvalue weighted by Gasteiger charge is 1.95. The Hall–Kier alpha value is -0.240. The van der Waals surface area contributed by atoms with E-state index in [0.29, 0.717) is 0 Å². The zero-order valence-corrected chi connectivity index (χ0v) is 13.2. The maximum Gasteiger partial charge on any atom is 0.0443 e. The predicted octanol–water partition coefficient (Wildman–Crippen LogP) is -0.634. The number of hydrogen-bond donors (Lipinski definition) is 4. The van der Waals surface area contributed by atoms with Gasteiger partial charge >= 0.3 is 0 Å². The summed E-state index contributed by atoms with van der Waals surface area (Å²) in [5.41, 5.74) is 0. The maximum absolute atomic E-state index is 8.46. The van der Waals surface area contributed by atoms with E-state index in [1.807, 2.05) is 14.1 Å². The summed E-state index contributed by atoms with van der Waals surface area (Å²) < 4.78 is 0. The molecule has 0 bridgehead atoms. The standard InChI is InChI=1S/2C7H17NO2/c2*1-8(4-2-6-9)5-3-7-10/h2*9-10H,2-7H2,1H3. The first-order valence-corrected chi connectivity index (χ1v) is 7.42. The molecule has 6 nitrogen and oxygen atoms in total. The molecule has 0 rings (SSSR count). The Morgan fingerprint density at radius 1 is 0.500 bits per heavy atom. The number of hydrogen-bond acceptors (Lipinski definition) is 6. The Labute approximate surface area is 123 Å². The molecule has 0 spiro atoms. The van der Waals surface area contributed by atoms with Gasteiger partial charge in [0.25, 0.3) is 0 Å². The van der Waals surface area contributed by atoms with E-state index in [2.05, 4.69) is 9.80 Å². The minimum absolute atomic E-state index is 0.253. The van der Waals surface area contributed by atoms with Gasteiger partial charge in [-0.15, -0.1) is 0 Å². The van der Waals surface area contributed by atoms with Crippen molar-refractivity contribution in [1.82, 2.24) is 9.80 Å². The molecule has 0 fully saturated rings. The first-order chi connectivity index (χ1) is 9.62. The van der Waals surface area contributed by atoms with Crippen molar-refractivity contribution in [2.45, 2.75) is 25.7 Å². The van der Waals surface area contributed by atoms with Gasteiger partial charge in [0.1, 0.15) is 0 Å². The lowest BCUT2D eigenvalue weighted by atomic mass is 10.3. The van der Waals surface area contributed by atoms with Crippen LogP contribution in [0.2, 0.25) is 0 Å². The highest BCUT2D eigenvalue weighted by atomic mass is 16.3. The van der Waals surface area contributed by atoms with Gasteiger partial charge in [-0.1, -0.05) is 0 Å². The van der Waals surface area contributed by atoms with Gasteiger partial charge in [-0.3, -0.25) is 0 Å². The molecule has 0 atom stereocenters. The van der Waals surface area contributed by atoms with Crippen LogP contribution in [0.4, 0.5) is 0 Å². The van der Waals surface area contributed by atoms with Gasteiger partial charge in [0.05, 0.1) is 0 Å². The molecule has 20 heavy (non-hydrogen) atoms. The van der Waals surface area contributed by atoms with Crippen LogP contribution in [0.15, 0.2) is 0 Å². The number of aliphatic hydroxyl groups excluding tert-OH is 4. The molecule has 0 radical (unpaired) electrons. The highest BCUT2D eigenvalue weighted by molar-refractivity contribution is 4.50. The Bertz CT molecular complexity index is 139. The van der Waals surface area contributed by atoms with E-state index >= 15 is 0 Å². The molecule has 0 aliphatic rings. The largest absolute Gasteiger partial charge is 0.396 e.